The Bertz CT molecular complexity index is 546. The zero-order chi connectivity index (χ0) is 16.5. The molecule has 0 radical (unpaired) electrons. The summed E-state index contributed by atoms with van der Waals surface area (Å²) in [5.74, 6) is -3.54. The summed E-state index contributed by atoms with van der Waals surface area (Å²) in [4.78, 5) is 23.8. The molecule has 22 heavy (non-hydrogen) atoms. The number of hydrogen-bond donors (Lipinski definition) is 4. The minimum Gasteiger partial charge on any atom is -0.479 e. The number of pyridine rings is 1. The Kier molecular flexibility index (Phi) is 6.68. The van der Waals surface area contributed by atoms with Gasteiger partial charge in [-0.25, -0.2) is 9.59 Å². The summed E-state index contributed by atoms with van der Waals surface area (Å²) >= 11 is 0. The lowest BCUT2D eigenvalue weighted by molar-refractivity contribution is -0.165. The molecule has 2 unspecified atom stereocenters. The maximum Gasteiger partial charge on any atom is 0.335 e. The van der Waals surface area contributed by atoms with Crippen molar-refractivity contribution in [2.24, 2.45) is 0 Å². The molecule has 0 fully saturated rings. The number of aromatic nitrogens is 1. The summed E-state index contributed by atoms with van der Waals surface area (Å²) in [5.41, 5.74) is 2.19. The number of aliphatic hydroxyl groups excluding tert-OH is 2. The van der Waals surface area contributed by atoms with Crippen molar-refractivity contribution in [3.63, 3.8) is 0 Å². The van der Waals surface area contributed by atoms with Gasteiger partial charge < -0.3 is 20.4 Å². The minimum atomic E-state index is -2.27. The van der Waals surface area contributed by atoms with Crippen LogP contribution in [0.4, 0.5) is 0 Å². The molecule has 0 saturated carbocycles. The molecule has 0 bridgehead atoms. The van der Waals surface area contributed by atoms with Crippen LogP contribution >= 0.6 is 0 Å². The lowest BCUT2D eigenvalue weighted by Crippen LogP contribution is -2.39. The Morgan fingerprint density at radius 1 is 0.818 bits per heavy atom. The maximum absolute atomic E-state index is 9.77. The average Bonchev–Trinajstić information content (AvgIpc) is 2.55. The molecule has 1 heterocycles. The standard InChI is InChI=1S/C11H9N.C4H6O6/c1-2-6-10(7-3-1)11-8-4-5-9-12-11;5-1(3(7)8)2(6)4(9)10/h1-9H;1-2,5-6H,(H,7,8)(H,9,10). The van der Waals surface area contributed by atoms with E-state index in [2.05, 4.69) is 17.1 Å². The molecule has 4 N–H and O–H groups in total. The third kappa shape index (κ3) is 5.31. The quantitative estimate of drug-likeness (QED) is 0.652. The normalized spacial score (nSPS) is 12.5. The summed E-state index contributed by atoms with van der Waals surface area (Å²) in [6.45, 7) is 0. The van der Waals surface area contributed by atoms with Crippen molar-refractivity contribution in [1.82, 2.24) is 4.98 Å². The summed E-state index contributed by atoms with van der Waals surface area (Å²) in [5, 5.41) is 32.5. The van der Waals surface area contributed by atoms with Crippen LogP contribution < -0.4 is 0 Å². The lowest BCUT2D eigenvalue weighted by atomic mass is 10.1. The van der Waals surface area contributed by atoms with Crippen molar-refractivity contribution < 1.29 is 30.0 Å². The fourth-order valence-corrected chi connectivity index (χ4v) is 1.41. The molecule has 7 heteroatoms. The van der Waals surface area contributed by atoms with Crippen molar-refractivity contribution in [2.45, 2.75) is 12.2 Å². The van der Waals surface area contributed by atoms with Gasteiger partial charge in [0.2, 0.25) is 0 Å². The molecule has 0 aliphatic rings. The van der Waals surface area contributed by atoms with Gasteiger partial charge in [-0.2, -0.15) is 0 Å². The van der Waals surface area contributed by atoms with Crippen LogP contribution in [0.3, 0.4) is 0 Å². The van der Waals surface area contributed by atoms with Crippen molar-refractivity contribution >= 4 is 11.9 Å². The topological polar surface area (TPSA) is 128 Å². The number of nitrogens with zero attached hydrogens (tertiary/aromatic N) is 1. The van der Waals surface area contributed by atoms with Gasteiger partial charge in [-0.05, 0) is 12.1 Å². The van der Waals surface area contributed by atoms with Crippen molar-refractivity contribution in [2.75, 3.05) is 0 Å². The van der Waals surface area contributed by atoms with Crippen molar-refractivity contribution in [1.29, 1.82) is 0 Å². The van der Waals surface area contributed by atoms with Crippen LogP contribution in [0.5, 0.6) is 0 Å². The summed E-state index contributed by atoms with van der Waals surface area (Å²) in [6, 6.07) is 16.1. The Balaban J connectivity index is 0.000000225. The van der Waals surface area contributed by atoms with Gasteiger partial charge in [-0.3, -0.25) is 4.98 Å². The molecule has 1 aromatic heterocycles. The number of carboxylic acid groups (broad SMARTS) is 2. The predicted octanol–water partition coefficient (Wildman–Crippen LogP) is 0.626. The Morgan fingerprint density at radius 3 is 1.73 bits per heavy atom. The van der Waals surface area contributed by atoms with Gasteiger partial charge in [-0.15, -0.1) is 0 Å². The predicted molar refractivity (Wildman–Crippen MR) is 77.0 cm³/mol. The van der Waals surface area contributed by atoms with E-state index in [1.54, 1.807) is 0 Å². The van der Waals surface area contributed by atoms with Gasteiger partial charge in [0.15, 0.2) is 12.2 Å². The van der Waals surface area contributed by atoms with Gasteiger partial charge >= 0.3 is 11.9 Å². The minimum absolute atomic E-state index is 1.03. The second kappa shape index (κ2) is 8.50. The van der Waals surface area contributed by atoms with E-state index in [-0.39, 0.29) is 0 Å². The average molecular weight is 305 g/mol. The zero-order valence-corrected chi connectivity index (χ0v) is 11.4. The Morgan fingerprint density at radius 2 is 1.32 bits per heavy atom. The molecular formula is C15H15NO6. The first kappa shape index (κ1) is 17.3. The highest BCUT2D eigenvalue weighted by Gasteiger charge is 2.29. The Labute approximate surface area is 126 Å². The number of benzene rings is 1. The number of rotatable bonds is 4. The van der Waals surface area contributed by atoms with Crippen LogP contribution in [0.25, 0.3) is 11.3 Å². The van der Waals surface area contributed by atoms with E-state index in [0.717, 1.165) is 11.3 Å². The highest BCUT2D eigenvalue weighted by Crippen LogP contribution is 2.14. The SMILES string of the molecule is O=C(O)C(O)C(O)C(=O)O.c1ccc(-c2ccccn2)cc1. The highest BCUT2D eigenvalue weighted by molar-refractivity contribution is 5.83. The lowest BCUT2D eigenvalue weighted by Gasteiger charge is -2.07. The van der Waals surface area contributed by atoms with Crippen LogP contribution in [0.15, 0.2) is 54.7 Å². The van der Waals surface area contributed by atoms with Crippen molar-refractivity contribution in [3.8, 4) is 11.3 Å². The fourth-order valence-electron chi connectivity index (χ4n) is 1.41. The first-order chi connectivity index (χ1) is 10.4. The summed E-state index contributed by atoms with van der Waals surface area (Å²) in [7, 11) is 0. The molecule has 2 rings (SSSR count). The summed E-state index contributed by atoms with van der Waals surface area (Å²) < 4.78 is 0. The van der Waals surface area contributed by atoms with Crippen LogP contribution in [-0.4, -0.2) is 49.6 Å². The third-order valence-electron chi connectivity index (χ3n) is 2.54. The second-order valence-corrected chi connectivity index (χ2v) is 4.15. The third-order valence-corrected chi connectivity index (χ3v) is 2.54. The van der Waals surface area contributed by atoms with E-state index in [9.17, 15) is 9.59 Å². The molecule has 0 amide bonds. The maximum atomic E-state index is 9.77. The number of hydrogen-bond acceptors (Lipinski definition) is 5. The first-order valence-electron chi connectivity index (χ1n) is 6.21. The van der Waals surface area contributed by atoms with E-state index in [1.807, 2.05) is 42.6 Å². The van der Waals surface area contributed by atoms with Gasteiger partial charge in [0.05, 0.1) is 5.69 Å². The van der Waals surface area contributed by atoms with E-state index >= 15 is 0 Å². The summed E-state index contributed by atoms with van der Waals surface area (Å²) in [6.07, 6.45) is -2.72. The first-order valence-corrected chi connectivity index (χ1v) is 6.21. The van der Waals surface area contributed by atoms with Gasteiger partial charge in [0.25, 0.3) is 0 Å². The van der Waals surface area contributed by atoms with Crippen molar-refractivity contribution in [3.05, 3.63) is 54.7 Å². The molecule has 0 aliphatic heterocycles. The molecule has 0 saturated heterocycles. The van der Waals surface area contributed by atoms with E-state index in [4.69, 9.17) is 20.4 Å². The van der Waals surface area contributed by atoms with Crippen LogP contribution in [0, 0.1) is 0 Å². The van der Waals surface area contributed by atoms with Crippen LogP contribution in [-0.2, 0) is 9.59 Å². The van der Waals surface area contributed by atoms with Gasteiger partial charge in [0, 0.05) is 11.8 Å². The molecule has 7 nitrogen and oxygen atoms in total. The molecular weight excluding hydrogens is 290 g/mol. The van der Waals surface area contributed by atoms with Gasteiger partial charge in [-0.1, -0.05) is 36.4 Å². The molecule has 2 aromatic rings. The smallest absolute Gasteiger partial charge is 0.335 e. The number of carboxylic acids is 2. The van der Waals surface area contributed by atoms with Gasteiger partial charge in [0.1, 0.15) is 0 Å². The van der Waals surface area contributed by atoms with E-state index in [0.29, 0.717) is 0 Å². The molecule has 0 spiro atoms. The molecule has 116 valence electrons. The van der Waals surface area contributed by atoms with Crippen LogP contribution in [0.2, 0.25) is 0 Å². The molecule has 2 atom stereocenters. The fraction of sp³-hybridized carbons (Fsp3) is 0.133. The monoisotopic (exact) mass is 305 g/mol. The number of aliphatic hydroxyl groups is 2. The second-order valence-electron chi connectivity index (χ2n) is 4.15. The zero-order valence-electron chi connectivity index (χ0n) is 11.4. The molecule has 1 aromatic carbocycles. The largest absolute Gasteiger partial charge is 0.479 e. The van der Waals surface area contributed by atoms with E-state index in [1.165, 1.54) is 0 Å². The number of aliphatic carboxylic acids is 2. The number of carbonyl (C=O) groups is 2. The van der Waals surface area contributed by atoms with E-state index < -0.39 is 24.1 Å². The van der Waals surface area contributed by atoms with Crippen LogP contribution in [0.1, 0.15) is 0 Å². The Hall–Kier alpha value is -2.77. The highest BCUT2D eigenvalue weighted by atomic mass is 16.4. The molecule has 0 aliphatic carbocycles.